The summed E-state index contributed by atoms with van der Waals surface area (Å²) >= 11 is 0. The number of unbranched alkanes of at least 4 members (excludes halogenated alkanes) is 90. The summed E-state index contributed by atoms with van der Waals surface area (Å²) in [7, 11) is 0. The van der Waals surface area contributed by atoms with Gasteiger partial charge in [-0.3, -0.25) is 0 Å². The SMILES string of the molecule is [CH2]c1ccc(-c2nc(Nc3cc(CCCCCCCCCCCCCCCCCC)c(CCCCCCCCCCCCCCCCCC)c(CCCCCCCCCCCCCCCCCC)c3)nc(Nc3cc(CCCCCCCCCCCCCCCCCC)c(CCCCCCCCCCCCCCCCCC)c(CCCCCCCCCCCCCCCCCC)c3)n2)cc1. The first-order chi connectivity index (χ1) is 66.9. The van der Waals surface area contributed by atoms with Crippen molar-refractivity contribution in [3.8, 4) is 11.4 Å². The lowest BCUT2D eigenvalue weighted by Gasteiger charge is -2.20. The van der Waals surface area contributed by atoms with Gasteiger partial charge in [0.2, 0.25) is 11.9 Å². The first kappa shape index (κ1) is 124. The summed E-state index contributed by atoms with van der Waals surface area (Å²) in [6.45, 7) is 18.4. The molecule has 0 amide bonds. The monoisotopic (exact) mass is 1870 g/mol. The van der Waals surface area contributed by atoms with Crippen molar-refractivity contribution in [1.82, 2.24) is 15.0 Å². The Morgan fingerprint density at radius 1 is 0.170 bits per heavy atom. The van der Waals surface area contributed by atoms with Gasteiger partial charge in [0.15, 0.2) is 5.82 Å². The predicted octanol–water partition coefficient (Wildman–Crippen LogP) is 46.0. The van der Waals surface area contributed by atoms with Crippen molar-refractivity contribution in [2.24, 2.45) is 0 Å². The van der Waals surface area contributed by atoms with Crippen LogP contribution in [0.1, 0.15) is 697 Å². The van der Waals surface area contributed by atoms with E-state index in [0.29, 0.717) is 17.7 Å². The summed E-state index contributed by atoms with van der Waals surface area (Å²) in [4.78, 5) is 16.4. The number of aryl methyl sites for hydroxylation is 4. The van der Waals surface area contributed by atoms with Crippen LogP contribution in [0.3, 0.4) is 0 Å². The Kier molecular flexibility index (Phi) is 88.2. The third kappa shape index (κ3) is 73.9. The molecule has 3 aromatic carbocycles. The first-order valence-electron chi connectivity index (χ1n) is 62.4. The molecule has 0 aliphatic heterocycles. The zero-order valence-corrected chi connectivity index (χ0v) is 92.3. The minimum atomic E-state index is 0.635. The molecule has 0 saturated carbocycles. The third-order valence-corrected chi connectivity index (χ3v) is 31.0. The molecular formula is C130H234N5. The fourth-order valence-electron chi connectivity index (χ4n) is 22.0. The average Bonchev–Trinajstić information content (AvgIpc) is 0.803. The van der Waals surface area contributed by atoms with Gasteiger partial charge in [0.05, 0.1) is 0 Å². The fourth-order valence-corrected chi connectivity index (χ4v) is 22.0. The molecule has 0 saturated heterocycles. The standard InChI is InChI=1S/C130H234N5/c1-8-14-20-26-32-38-44-50-56-62-68-74-80-86-92-98-104-120-114-124(115-121(105-99-93-87-81-75-69-63-57-51-45-39-33-27-21-15-9-2)126(120)108-102-96-90-84-78-72-66-60-54-48-42-36-30-24-18-12-5)131-129-133-128(119-112-110-118(7)111-113-119)134-130(135-129)132-125-116-122(106-100-94-88-82-76-70-64-58-52-46-40-34-28-22-16-10-3)127(109-103-97-91-85-79-73-67-61-55-49-43-37-31-25-19-13-6)123(117-125)107-101-95-89-83-77-71-65-59-53-47-41-35-29-23-17-11-4/h110-117H,7-109H2,1-6H3,(H2,131,132,133,134,135). The molecule has 779 valence electrons. The molecule has 5 heteroatoms. The Bertz CT molecular complexity index is 2810. The van der Waals surface area contributed by atoms with E-state index in [1.165, 1.54) is 629 Å². The Morgan fingerprint density at radius 2 is 0.311 bits per heavy atom. The second-order valence-corrected chi connectivity index (χ2v) is 44.1. The molecule has 135 heavy (non-hydrogen) atoms. The molecule has 0 atom stereocenters. The summed E-state index contributed by atoms with van der Waals surface area (Å²) in [6, 6.07) is 18.9. The van der Waals surface area contributed by atoms with Crippen LogP contribution < -0.4 is 10.6 Å². The van der Waals surface area contributed by atoms with Gasteiger partial charge in [-0.15, -0.1) is 0 Å². The van der Waals surface area contributed by atoms with E-state index in [9.17, 15) is 0 Å². The van der Waals surface area contributed by atoms with Gasteiger partial charge in [0, 0.05) is 16.9 Å². The third-order valence-electron chi connectivity index (χ3n) is 31.0. The molecule has 0 unspecified atom stereocenters. The molecule has 5 nitrogen and oxygen atoms in total. The van der Waals surface area contributed by atoms with Gasteiger partial charge < -0.3 is 10.6 Å². The van der Waals surface area contributed by atoms with Crippen LogP contribution in [0, 0.1) is 6.92 Å². The highest BCUT2D eigenvalue weighted by Gasteiger charge is 2.19. The molecule has 1 heterocycles. The Morgan fingerprint density at radius 3 is 0.467 bits per heavy atom. The van der Waals surface area contributed by atoms with Crippen LogP contribution in [-0.4, -0.2) is 15.0 Å². The molecule has 1 radical (unpaired) electrons. The van der Waals surface area contributed by atoms with Gasteiger partial charge in [-0.25, -0.2) is 0 Å². The lowest BCUT2D eigenvalue weighted by molar-refractivity contribution is 0.527. The van der Waals surface area contributed by atoms with Crippen LogP contribution in [0.4, 0.5) is 23.3 Å². The number of nitrogens with one attached hydrogen (secondary N) is 2. The van der Waals surface area contributed by atoms with Crippen LogP contribution in [0.5, 0.6) is 0 Å². The number of benzene rings is 3. The summed E-state index contributed by atoms with van der Waals surface area (Å²) in [6.07, 6.45) is 142. The normalized spacial score (nSPS) is 11.7. The van der Waals surface area contributed by atoms with Gasteiger partial charge in [-0.2, -0.15) is 15.0 Å². The molecule has 1 aromatic heterocycles. The van der Waals surface area contributed by atoms with Crippen LogP contribution in [0.2, 0.25) is 0 Å². The van der Waals surface area contributed by atoms with E-state index in [0.717, 1.165) is 48.2 Å². The smallest absolute Gasteiger partial charge is 0.232 e. The first-order valence-corrected chi connectivity index (χ1v) is 62.4. The molecular weight excluding hydrogens is 1630 g/mol. The zero-order chi connectivity index (χ0) is 95.8. The summed E-state index contributed by atoms with van der Waals surface area (Å²) < 4.78 is 0. The summed E-state index contributed by atoms with van der Waals surface area (Å²) in [5.41, 5.74) is 14.0. The number of aromatic nitrogens is 3. The van der Waals surface area contributed by atoms with Crippen molar-refractivity contribution < 1.29 is 0 Å². The van der Waals surface area contributed by atoms with E-state index in [4.69, 9.17) is 15.0 Å². The van der Waals surface area contributed by atoms with Crippen molar-refractivity contribution in [2.75, 3.05) is 10.6 Å². The molecule has 4 rings (SSSR count). The zero-order valence-electron chi connectivity index (χ0n) is 92.3. The van der Waals surface area contributed by atoms with Crippen LogP contribution in [0.15, 0.2) is 48.5 Å². The molecule has 0 aliphatic carbocycles. The van der Waals surface area contributed by atoms with Gasteiger partial charge in [0.25, 0.3) is 0 Å². The van der Waals surface area contributed by atoms with Gasteiger partial charge >= 0.3 is 0 Å². The van der Waals surface area contributed by atoms with E-state index in [1.54, 1.807) is 33.4 Å². The van der Waals surface area contributed by atoms with E-state index in [-0.39, 0.29) is 0 Å². The number of rotatable bonds is 107. The van der Waals surface area contributed by atoms with E-state index >= 15 is 0 Å². The topological polar surface area (TPSA) is 62.7 Å². The minimum Gasteiger partial charge on any atom is -0.324 e. The van der Waals surface area contributed by atoms with Crippen molar-refractivity contribution in [3.05, 3.63) is 94.4 Å². The second kappa shape index (κ2) is 96.4. The van der Waals surface area contributed by atoms with Gasteiger partial charge in [-0.05, 0) is 147 Å². The van der Waals surface area contributed by atoms with Gasteiger partial charge in [0.1, 0.15) is 0 Å². The Labute approximate surface area is 845 Å². The van der Waals surface area contributed by atoms with Gasteiger partial charge in [-0.1, -0.05) is 644 Å². The highest BCUT2D eigenvalue weighted by molar-refractivity contribution is 5.66. The van der Waals surface area contributed by atoms with E-state index < -0.39 is 0 Å². The Hall–Kier alpha value is -3.73. The highest BCUT2D eigenvalue weighted by atomic mass is 15.2. The number of hydrogen-bond donors (Lipinski definition) is 2. The van der Waals surface area contributed by atoms with Crippen LogP contribution in [0.25, 0.3) is 11.4 Å². The molecule has 4 aromatic rings. The quantitative estimate of drug-likeness (QED) is 0.0431. The van der Waals surface area contributed by atoms with Crippen molar-refractivity contribution in [3.63, 3.8) is 0 Å². The fraction of sp³-hybridized carbons (Fsp3) is 0.831. The van der Waals surface area contributed by atoms with Crippen molar-refractivity contribution in [2.45, 2.75) is 696 Å². The molecule has 0 aliphatic rings. The number of hydrogen-bond acceptors (Lipinski definition) is 5. The average molecular weight is 1870 g/mol. The Balaban J connectivity index is 1.69. The number of anilines is 4. The largest absolute Gasteiger partial charge is 0.324 e. The lowest BCUT2D eigenvalue weighted by Crippen LogP contribution is -2.09. The molecule has 0 spiro atoms. The molecule has 0 fully saturated rings. The summed E-state index contributed by atoms with van der Waals surface area (Å²) in [5.74, 6) is 1.98. The van der Waals surface area contributed by atoms with Crippen LogP contribution >= 0.6 is 0 Å². The maximum atomic E-state index is 5.51. The maximum absolute atomic E-state index is 5.51. The van der Waals surface area contributed by atoms with Crippen LogP contribution in [-0.2, 0) is 38.5 Å². The highest BCUT2D eigenvalue weighted by Crippen LogP contribution is 2.35. The summed E-state index contributed by atoms with van der Waals surface area (Å²) in [5, 5.41) is 8.04. The number of nitrogens with zero attached hydrogens (tertiary/aromatic N) is 3. The van der Waals surface area contributed by atoms with E-state index in [2.05, 4.69) is 108 Å². The minimum absolute atomic E-state index is 0.635. The van der Waals surface area contributed by atoms with Crippen molar-refractivity contribution in [1.29, 1.82) is 0 Å². The maximum Gasteiger partial charge on any atom is 0.232 e. The second-order valence-electron chi connectivity index (χ2n) is 44.1. The predicted molar refractivity (Wildman–Crippen MR) is 609 cm³/mol. The van der Waals surface area contributed by atoms with E-state index in [1.807, 2.05) is 0 Å². The molecule has 0 bridgehead atoms. The molecule has 2 N–H and O–H groups in total. The van der Waals surface area contributed by atoms with Crippen molar-refractivity contribution >= 4 is 23.3 Å². The lowest BCUT2D eigenvalue weighted by atomic mass is 9.89.